The molecule has 160 valence electrons. The van der Waals surface area contributed by atoms with Crippen LogP contribution in [-0.4, -0.2) is 36.3 Å². The third-order valence-electron chi connectivity index (χ3n) is 4.35. The van der Waals surface area contributed by atoms with Crippen molar-refractivity contribution >= 4 is 29.0 Å². The maximum atomic E-state index is 14.0. The Morgan fingerprint density at radius 2 is 1.84 bits per heavy atom. The fourth-order valence-electron chi connectivity index (χ4n) is 2.90. The largest absolute Gasteiger partial charge is 0.323 e. The second-order valence-electron chi connectivity index (χ2n) is 6.47. The number of carbonyl (C=O) groups excluding carboxylic acids is 1. The number of nitro groups is 1. The highest BCUT2D eigenvalue weighted by Crippen LogP contribution is 2.28. The van der Waals surface area contributed by atoms with E-state index in [1.54, 1.807) is 29.1 Å². The zero-order chi connectivity index (χ0) is 22.5. The Morgan fingerprint density at radius 1 is 1.09 bits per heavy atom. The number of halogens is 1. The van der Waals surface area contributed by atoms with E-state index in [4.69, 9.17) is 0 Å². The number of amides is 1. The highest BCUT2D eigenvalue weighted by atomic mass is 32.2. The molecule has 4 rings (SSSR count). The average molecular weight is 450 g/mol. The number of rotatable bonds is 7. The van der Waals surface area contributed by atoms with Gasteiger partial charge < -0.3 is 5.32 Å². The van der Waals surface area contributed by atoms with Gasteiger partial charge >= 0.3 is 0 Å². The number of nitro benzene ring substituents is 1. The van der Waals surface area contributed by atoms with Crippen molar-refractivity contribution in [3.8, 4) is 17.1 Å². The molecule has 32 heavy (non-hydrogen) atoms. The number of hydrogen-bond donors (Lipinski definition) is 1. The van der Waals surface area contributed by atoms with Gasteiger partial charge in [-0.05, 0) is 30.3 Å². The Labute approximate surface area is 185 Å². The highest BCUT2D eigenvalue weighted by Gasteiger charge is 2.18. The van der Waals surface area contributed by atoms with Crippen molar-refractivity contribution in [3.05, 3.63) is 89.0 Å². The average Bonchev–Trinajstić information content (AvgIpc) is 3.24. The van der Waals surface area contributed by atoms with E-state index in [-0.39, 0.29) is 17.1 Å². The third kappa shape index (κ3) is 4.62. The van der Waals surface area contributed by atoms with E-state index in [1.807, 2.05) is 30.3 Å². The molecule has 2 aromatic carbocycles. The first kappa shape index (κ1) is 21.1. The van der Waals surface area contributed by atoms with Crippen molar-refractivity contribution in [3.63, 3.8) is 0 Å². The molecule has 9 nitrogen and oxygen atoms in total. The molecule has 0 saturated heterocycles. The summed E-state index contributed by atoms with van der Waals surface area (Å²) < 4.78 is 15.8. The molecule has 1 amide bonds. The van der Waals surface area contributed by atoms with Gasteiger partial charge in [-0.2, -0.15) is 0 Å². The Morgan fingerprint density at radius 3 is 2.56 bits per heavy atom. The number of nitrogens with zero attached hydrogens (tertiary/aromatic N) is 5. The van der Waals surface area contributed by atoms with E-state index in [1.165, 1.54) is 0 Å². The summed E-state index contributed by atoms with van der Waals surface area (Å²) in [5, 5.41) is 22.2. The maximum Gasteiger partial charge on any atom is 0.271 e. The van der Waals surface area contributed by atoms with Crippen LogP contribution < -0.4 is 5.32 Å². The second-order valence-corrected chi connectivity index (χ2v) is 7.41. The van der Waals surface area contributed by atoms with Crippen LogP contribution >= 0.6 is 11.8 Å². The number of para-hydroxylation sites is 1. The number of hydrogen-bond acceptors (Lipinski definition) is 7. The highest BCUT2D eigenvalue weighted by molar-refractivity contribution is 7.99. The van der Waals surface area contributed by atoms with Gasteiger partial charge in [0.05, 0.1) is 16.4 Å². The number of carbonyl (C=O) groups is 1. The van der Waals surface area contributed by atoms with E-state index in [2.05, 4.69) is 20.5 Å². The maximum absolute atomic E-state index is 14.0. The molecule has 4 aromatic rings. The molecule has 0 atom stereocenters. The van der Waals surface area contributed by atoms with Gasteiger partial charge in [-0.3, -0.25) is 24.5 Å². The summed E-state index contributed by atoms with van der Waals surface area (Å²) in [6.45, 7) is 0. The third-order valence-corrected chi connectivity index (χ3v) is 5.28. The van der Waals surface area contributed by atoms with Gasteiger partial charge in [0.15, 0.2) is 11.0 Å². The first-order chi connectivity index (χ1) is 15.5. The van der Waals surface area contributed by atoms with Gasteiger partial charge in [-0.15, -0.1) is 10.2 Å². The molecule has 0 fully saturated rings. The second kappa shape index (κ2) is 9.35. The minimum Gasteiger partial charge on any atom is -0.323 e. The van der Waals surface area contributed by atoms with Crippen LogP contribution in [0.5, 0.6) is 0 Å². The molecule has 0 unspecified atom stereocenters. The molecule has 0 radical (unpaired) electrons. The molecular weight excluding hydrogens is 435 g/mol. The molecule has 11 heteroatoms. The summed E-state index contributed by atoms with van der Waals surface area (Å²) in [5.74, 6) is -0.834. The lowest BCUT2D eigenvalue weighted by Crippen LogP contribution is -2.15. The standard InChI is InChI=1S/C21H15FN6O3S/c22-17-7-6-16(28(30)31)12-18(17)24-19(29)13-32-21-26-25-20(14-8-10-23-11-9-14)27(21)15-4-2-1-3-5-15/h1-12H,13H2,(H,24,29). The molecule has 0 aliphatic carbocycles. The predicted molar refractivity (Wildman–Crippen MR) is 117 cm³/mol. The van der Waals surface area contributed by atoms with Crippen LogP contribution in [0, 0.1) is 15.9 Å². The number of benzene rings is 2. The number of nitrogens with one attached hydrogen (secondary N) is 1. The van der Waals surface area contributed by atoms with Crippen molar-refractivity contribution in [2.45, 2.75) is 5.16 Å². The lowest BCUT2D eigenvalue weighted by Gasteiger charge is -2.10. The summed E-state index contributed by atoms with van der Waals surface area (Å²) in [7, 11) is 0. The molecule has 0 bridgehead atoms. The van der Waals surface area contributed by atoms with Crippen molar-refractivity contribution in [1.29, 1.82) is 0 Å². The van der Waals surface area contributed by atoms with Crippen LogP contribution in [0.15, 0.2) is 78.2 Å². The number of aromatic nitrogens is 4. The fraction of sp³-hybridized carbons (Fsp3) is 0.0476. The Bertz CT molecular complexity index is 1270. The van der Waals surface area contributed by atoms with Crippen LogP contribution in [0.4, 0.5) is 15.8 Å². The zero-order valence-corrected chi connectivity index (χ0v) is 17.2. The molecule has 2 aromatic heterocycles. The van der Waals surface area contributed by atoms with Crippen molar-refractivity contribution in [2.24, 2.45) is 0 Å². The normalized spacial score (nSPS) is 10.7. The summed E-state index contributed by atoms with van der Waals surface area (Å²) in [6, 6.07) is 15.9. The van der Waals surface area contributed by atoms with Crippen molar-refractivity contribution < 1.29 is 14.1 Å². The van der Waals surface area contributed by atoms with Gasteiger partial charge in [0, 0.05) is 35.8 Å². The monoisotopic (exact) mass is 450 g/mol. The van der Waals surface area contributed by atoms with Crippen LogP contribution in [0.1, 0.15) is 0 Å². The van der Waals surface area contributed by atoms with Gasteiger partial charge in [0.1, 0.15) is 5.82 Å². The van der Waals surface area contributed by atoms with Gasteiger partial charge in [0.25, 0.3) is 5.69 Å². The number of anilines is 1. The van der Waals surface area contributed by atoms with E-state index in [0.29, 0.717) is 11.0 Å². The quantitative estimate of drug-likeness (QED) is 0.256. The molecular formula is C21H15FN6O3S. The summed E-state index contributed by atoms with van der Waals surface area (Å²) in [5.41, 5.74) is 1.02. The lowest BCUT2D eigenvalue weighted by molar-refractivity contribution is -0.384. The van der Waals surface area contributed by atoms with Crippen LogP contribution in [-0.2, 0) is 4.79 Å². The Kier molecular flexibility index (Phi) is 6.17. The molecule has 0 aliphatic heterocycles. The van der Waals surface area contributed by atoms with E-state index < -0.39 is 16.6 Å². The summed E-state index contributed by atoms with van der Waals surface area (Å²) in [6.07, 6.45) is 3.29. The fourth-order valence-corrected chi connectivity index (χ4v) is 3.65. The SMILES string of the molecule is O=C(CSc1nnc(-c2ccncc2)n1-c1ccccc1)Nc1cc([N+](=O)[O-])ccc1F. The molecule has 0 spiro atoms. The van der Waals surface area contributed by atoms with Gasteiger partial charge in [0.2, 0.25) is 5.91 Å². The first-order valence-electron chi connectivity index (χ1n) is 9.31. The molecule has 0 saturated carbocycles. The van der Waals surface area contributed by atoms with E-state index in [0.717, 1.165) is 41.2 Å². The zero-order valence-electron chi connectivity index (χ0n) is 16.4. The van der Waals surface area contributed by atoms with Crippen molar-refractivity contribution in [1.82, 2.24) is 19.7 Å². The van der Waals surface area contributed by atoms with Gasteiger partial charge in [-0.25, -0.2) is 4.39 Å². The van der Waals surface area contributed by atoms with Crippen molar-refractivity contribution in [2.75, 3.05) is 11.1 Å². The van der Waals surface area contributed by atoms with Gasteiger partial charge in [-0.1, -0.05) is 30.0 Å². The summed E-state index contributed by atoms with van der Waals surface area (Å²) in [4.78, 5) is 26.7. The van der Waals surface area contributed by atoms with Crippen LogP contribution in [0.2, 0.25) is 0 Å². The molecule has 2 heterocycles. The summed E-state index contributed by atoms with van der Waals surface area (Å²) >= 11 is 1.11. The van der Waals surface area contributed by atoms with E-state index in [9.17, 15) is 19.3 Å². The van der Waals surface area contributed by atoms with Crippen LogP contribution in [0.3, 0.4) is 0 Å². The minimum atomic E-state index is -0.763. The smallest absolute Gasteiger partial charge is 0.271 e. The number of non-ortho nitro benzene ring substituents is 1. The first-order valence-corrected chi connectivity index (χ1v) is 10.3. The molecule has 0 aliphatic rings. The minimum absolute atomic E-state index is 0.108. The lowest BCUT2D eigenvalue weighted by atomic mass is 10.2. The van der Waals surface area contributed by atoms with E-state index >= 15 is 0 Å². The Balaban J connectivity index is 1.56. The van der Waals surface area contributed by atoms with Crippen LogP contribution in [0.25, 0.3) is 17.1 Å². The molecule has 1 N–H and O–H groups in total. The Hall–Kier alpha value is -4.12. The number of thioether (sulfide) groups is 1. The predicted octanol–water partition coefficient (Wildman–Crippen LogP) is 4.11. The number of pyridine rings is 1. The topological polar surface area (TPSA) is 116 Å².